The van der Waals surface area contributed by atoms with E-state index in [0.717, 1.165) is 12.2 Å². The van der Waals surface area contributed by atoms with Crippen LogP contribution in [0.15, 0.2) is 4.52 Å². The van der Waals surface area contributed by atoms with Crippen LogP contribution in [0.2, 0.25) is 0 Å². The van der Waals surface area contributed by atoms with E-state index in [9.17, 15) is 0 Å². The van der Waals surface area contributed by atoms with E-state index in [1.807, 2.05) is 13.8 Å². The first-order valence-corrected chi connectivity index (χ1v) is 5.15. The average Bonchev–Trinajstić information content (AvgIpc) is 2.64. The monoisotopic (exact) mass is 197 g/mol. The highest BCUT2D eigenvalue weighted by molar-refractivity contribution is 4.98. The van der Waals surface area contributed by atoms with Crippen molar-refractivity contribution in [1.29, 1.82) is 0 Å². The molecule has 80 valence electrons. The van der Waals surface area contributed by atoms with E-state index >= 15 is 0 Å². The third-order valence-corrected chi connectivity index (χ3v) is 2.69. The summed E-state index contributed by atoms with van der Waals surface area (Å²) < 4.78 is 5.17. The van der Waals surface area contributed by atoms with Gasteiger partial charge in [-0.3, -0.25) is 0 Å². The van der Waals surface area contributed by atoms with Gasteiger partial charge in [0.05, 0.1) is 5.92 Å². The minimum Gasteiger partial charge on any atom is -0.339 e. The zero-order chi connectivity index (χ0) is 10.7. The van der Waals surface area contributed by atoms with Crippen LogP contribution in [-0.2, 0) is 0 Å². The maximum Gasteiger partial charge on any atom is 0.231 e. The molecule has 0 aromatic carbocycles. The van der Waals surface area contributed by atoms with E-state index in [1.54, 1.807) is 0 Å². The molecule has 4 nitrogen and oxygen atoms in total. The van der Waals surface area contributed by atoms with Gasteiger partial charge < -0.3 is 10.3 Å². The summed E-state index contributed by atoms with van der Waals surface area (Å²) in [5.74, 6) is 1.92. The van der Waals surface area contributed by atoms with E-state index in [-0.39, 0.29) is 12.0 Å². The Bertz CT molecular complexity index is 283. The molecular formula is C10H19N3O. The summed E-state index contributed by atoms with van der Waals surface area (Å²) >= 11 is 0. The van der Waals surface area contributed by atoms with Crippen LogP contribution in [0.25, 0.3) is 0 Å². The van der Waals surface area contributed by atoms with Gasteiger partial charge in [0.1, 0.15) is 0 Å². The van der Waals surface area contributed by atoms with E-state index in [0.29, 0.717) is 11.8 Å². The maximum absolute atomic E-state index is 5.76. The molecule has 1 aromatic heterocycles. The lowest BCUT2D eigenvalue weighted by molar-refractivity contribution is 0.341. The van der Waals surface area contributed by atoms with Gasteiger partial charge in [-0.25, -0.2) is 0 Å². The van der Waals surface area contributed by atoms with Crippen LogP contribution in [0.5, 0.6) is 0 Å². The van der Waals surface area contributed by atoms with Crippen molar-refractivity contribution >= 4 is 0 Å². The largest absolute Gasteiger partial charge is 0.339 e. The fourth-order valence-corrected chi connectivity index (χ4v) is 1.04. The molecule has 2 N–H and O–H groups in total. The Hall–Kier alpha value is -0.900. The second-order valence-corrected chi connectivity index (χ2v) is 3.95. The SMILES string of the molecule is CCC(C)c1noc(C(C)C(C)N)n1. The van der Waals surface area contributed by atoms with Crippen LogP contribution in [0.4, 0.5) is 0 Å². The van der Waals surface area contributed by atoms with Crippen LogP contribution in [0.1, 0.15) is 57.7 Å². The van der Waals surface area contributed by atoms with Gasteiger partial charge >= 0.3 is 0 Å². The maximum atomic E-state index is 5.76. The second-order valence-electron chi connectivity index (χ2n) is 3.95. The zero-order valence-corrected chi connectivity index (χ0v) is 9.32. The summed E-state index contributed by atoms with van der Waals surface area (Å²) in [7, 11) is 0. The van der Waals surface area contributed by atoms with Gasteiger partial charge in [-0.1, -0.05) is 25.9 Å². The summed E-state index contributed by atoms with van der Waals surface area (Å²) in [5, 5.41) is 3.95. The smallest absolute Gasteiger partial charge is 0.231 e. The van der Waals surface area contributed by atoms with Gasteiger partial charge in [0.15, 0.2) is 5.82 Å². The van der Waals surface area contributed by atoms with Gasteiger partial charge in [-0.05, 0) is 13.3 Å². The minimum absolute atomic E-state index is 0.0419. The number of nitrogens with two attached hydrogens (primary N) is 1. The molecule has 0 bridgehead atoms. The van der Waals surface area contributed by atoms with Crippen molar-refractivity contribution in [3.05, 3.63) is 11.7 Å². The number of nitrogens with zero attached hydrogens (tertiary/aromatic N) is 2. The summed E-state index contributed by atoms with van der Waals surface area (Å²) in [6.45, 7) is 8.14. The van der Waals surface area contributed by atoms with Crippen LogP contribution in [-0.4, -0.2) is 16.2 Å². The highest BCUT2D eigenvalue weighted by Crippen LogP contribution is 2.20. The molecule has 0 saturated heterocycles. The molecule has 1 heterocycles. The fraction of sp³-hybridized carbons (Fsp3) is 0.800. The highest BCUT2D eigenvalue weighted by Gasteiger charge is 2.19. The molecular weight excluding hydrogens is 178 g/mol. The van der Waals surface area contributed by atoms with Gasteiger partial charge in [0.2, 0.25) is 5.89 Å². The number of hydrogen-bond acceptors (Lipinski definition) is 4. The molecule has 0 aliphatic carbocycles. The second kappa shape index (κ2) is 4.55. The number of rotatable bonds is 4. The molecule has 3 atom stereocenters. The topological polar surface area (TPSA) is 64.9 Å². The lowest BCUT2D eigenvalue weighted by Gasteiger charge is -2.09. The summed E-state index contributed by atoms with van der Waals surface area (Å²) in [6, 6.07) is 0.0419. The number of hydrogen-bond donors (Lipinski definition) is 1. The Morgan fingerprint density at radius 3 is 2.50 bits per heavy atom. The van der Waals surface area contributed by atoms with Crippen molar-refractivity contribution in [2.24, 2.45) is 5.73 Å². The first-order chi connectivity index (χ1) is 6.56. The summed E-state index contributed by atoms with van der Waals surface area (Å²) in [5.41, 5.74) is 5.76. The van der Waals surface area contributed by atoms with Gasteiger partial charge in [-0.2, -0.15) is 4.98 Å². The fourth-order valence-electron chi connectivity index (χ4n) is 1.04. The Morgan fingerprint density at radius 2 is 2.00 bits per heavy atom. The van der Waals surface area contributed by atoms with Crippen LogP contribution >= 0.6 is 0 Å². The lowest BCUT2D eigenvalue weighted by atomic mass is 10.0. The molecule has 0 aliphatic rings. The molecule has 3 unspecified atom stereocenters. The zero-order valence-electron chi connectivity index (χ0n) is 9.32. The molecule has 0 amide bonds. The van der Waals surface area contributed by atoms with Gasteiger partial charge in [0, 0.05) is 12.0 Å². The van der Waals surface area contributed by atoms with Crippen molar-refractivity contribution in [3.63, 3.8) is 0 Å². The Balaban J connectivity index is 2.77. The Labute approximate surface area is 84.9 Å². The molecule has 1 rings (SSSR count). The first-order valence-electron chi connectivity index (χ1n) is 5.15. The Kier molecular flexibility index (Phi) is 3.63. The predicted molar refractivity (Wildman–Crippen MR) is 55.1 cm³/mol. The molecule has 0 fully saturated rings. The molecule has 1 aromatic rings. The normalized spacial score (nSPS) is 17.8. The van der Waals surface area contributed by atoms with Crippen molar-refractivity contribution in [2.45, 2.75) is 52.0 Å². The quantitative estimate of drug-likeness (QED) is 0.802. The summed E-state index contributed by atoms with van der Waals surface area (Å²) in [4.78, 5) is 4.34. The average molecular weight is 197 g/mol. The van der Waals surface area contributed by atoms with Crippen LogP contribution in [0, 0.1) is 0 Å². The molecule has 14 heavy (non-hydrogen) atoms. The van der Waals surface area contributed by atoms with Crippen LogP contribution < -0.4 is 5.73 Å². The Morgan fingerprint density at radius 1 is 1.36 bits per heavy atom. The van der Waals surface area contributed by atoms with E-state index < -0.39 is 0 Å². The third kappa shape index (κ3) is 2.32. The predicted octanol–water partition coefficient (Wildman–Crippen LogP) is 2.03. The van der Waals surface area contributed by atoms with Gasteiger partial charge in [0.25, 0.3) is 0 Å². The molecule has 0 spiro atoms. The van der Waals surface area contributed by atoms with Crippen molar-refractivity contribution in [3.8, 4) is 0 Å². The summed E-state index contributed by atoms with van der Waals surface area (Å²) in [6.07, 6.45) is 1.02. The highest BCUT2D eigenvalue weighted by atomic mass is 16.5. The van der Waals surface area contributed by atoms with E-state index in [4.69, 9.17) is 10.3 Å². The van der Waals surface area contributed by atoms with Gasteiger partial charge in [-0.15, -0.1) is 0 Å². The first kappa shape index (κ1) is 11.2. The van der Waals surface area contributed by atoms with Crippen LogP contribution in [0.3, 0.4) is 0 Å². The lowest BCUT2D eigenvalue weighted by Crippen LogP contribution is -2.22. The number of aromatic nitrogens is 2. The van der Waals surface area contributed by atoms with E-state index in [1.165, 1.54) is 0 Å². The minimum atomic E-state index is 0.0419. The molecule has 0 saturated carbocycles. The molecule has 0 radical (unpaired) electrons. The standard InChI is InChI=1S/C10H19N3O/c1-5-6(2)9-12-10(14-13-9)7(3)8(4)11/h6-8H,5,11H2,1-4H3. The van der Waals surface area contributed by atoms with Crippen molar-refractivity contribution < 1.29 is 4.52 Å². The van der Waals surface area contributed by atoms with E-state index in [2.05, 4.69) is 24.0 Å². The molecule has 0 aliphatic heterocycles. The third-order valence-electron chi connectivity index (χ3n) is 2.69. The van der Waals surface area contributed by atoms with Crippen molar-refractivity contribution in [2.75, 3.05) is 0 Å². The van der Waals surface area contributed by atoms with Crippen molar-refractivity contribution in [1.82, 2.24) is 10.1 Å². The molecule has 4 heteroatoms.